The van der Waals surface area contributed by atoms with Gasteiger partial charge in [-0.25, -0.2) is 9.78 Å². The normalized spacial score (nSPS) is 20.3. The van der Waals surface area contributed by atoms with Crippen LogP contribution in [0.5, 0.6) is 0 Å². The van der Waals surface area contributed by atoms with Crippen molar-refractivity contribution in [2.24, 2.45) is 0 Å². The van der Waals surface area contributed by atoms with E-state index in [1.54, 1.807) is 6.33 Å². The van der Waals surface area contributed by atoms with Crippen LogP contribution in [0.3, 0.4) is 0 Å². The number of hydrogen-bond donors (Lipinski definition) is 4. The number of amides is 4. The minimum Gasteiger partial charge on any atom is -0.480 e. The Balaban J connectivity index is 1.22. The Kier molecular flexibility index (Phi) is 7.79. The van der Waals surface area contributed by atoms with E-state index < -0.39 is 35.3 Å². The van der Waals surface area contributed by atoms with E-state index in [0.717, 1.165) is 39.4 Å². The number of imide groups is 1. The van der Waals surface area contributed by atoms with Gasteiger partial charge in [-0.2, -0.15) is 0 Å². The smallest absolute Gasteiger partial charge is 0.326 e. The third kappa shape index (κ3) is 5.31. The zero-order valence-electron chi connectivity index (χ0n) is 19.5. The Bertz CT molecular complexity index is 1180. The molecule has 12 nitrogen and oxygen atoms in total. The number of carbonyl (C=O) groups excluding carboxylic acids is 4. The lowest BCUT2D eigenvalue weighted by atomic mass is 9.96. The Labute approximate surface area is 210 Å². The lowest BCUT2D eigenvalue weighted by Gasteiger charge is -2.26. The van der Waals surface area contributed by atoms with Crippen LogP contribution in [0.1, 0.15) is 43.4 Å². The van der Waals surface area contributed by atoms with Gasteiger partial charge in [0.25, 0.3) is 17.7 Å². The molecule has 2 aliphatic rings. The van der Waals surface area contributed by atoms with Crippen LogP contribution < -0.4 is 10.6 Å². The molecule has 2 aromatic heterocycles. The maximum Gasteiger partial charge on any atom is 0.326 e. The molecule has 0 bridgehead atoms. The molecule has 4 amide bonds. The van der Waals surface area contributed by atoms with Gasteiger partial charge in [0.15, 0.2) is 5.60 Å². The number of fused-ring (bicyclic) bond motifs is 1. The molecule has 4 N–H and O–H groups in total. The molecule has 4 rings (SSSR count). The van der Waals surface area contributed by atoms with Gasteiger partial charge in [-0.1, -0.05) is 0 Å². The van der Waals surface area contributed by atoms with E-state index in [0.29, 0.717) is 32.4 Å². The molecule has 1 saturated heterocycles. The molecule has 0 aliphatic carbocycles. The summed E-state index contributed by atoms with van der Waals surface area (Å²) in [5, 5.41) is 16.7. The predicted octanol–water partition coefficient (Wildman–Crippen LogP) is 0.801. The van der Waals surface area contributed by atoms with Crippen LogP contribution in [-0.2, 0) is 34.3 Å². The lowest BCUT2D eigenvalue weighted by molar-refractivity contribution is -0.143. The van der Waals surface area contributed by atoms with E-state index >= 15 is 0 Å². The van der Waals surface area contributed by atoms with Crippen LogP contribution in [-0.4, -0.2) is 75.3 Å². The fourth-order valence-corrected chi connectivity index (χ4v) is 5.48. The number of unbranched alkanes of at least 4 members (excludes halogenated alkanes) is 1. The zero-order chi connectivity index (χ0) is 25.7. The largest absolute Gasteiger partial charge is 0.480 e. The topological polar surface area (TPSA) is 171 Å². The van der Waals surface area contributed by atoms with Gasteiger partial charge < -0.3 is 25.5 Å². The molecule has 2 aliphatic heterocycles. The first-order valence-electron chi connectivity index (χ1n) is 11.7. The number of carboxylic acid groups (broad SMARTS) is 1. The number of aromatic nitrogens is 2. The fourth-order valence-electron chi connectivity index (χ4n) is 4.34. The summed E-state index contributed by atoms with van der Waals surface area (Å²) in [5.74, 6) is -2.98. The second-order valence-corrected chi connectivity index (χ2v) is 9.51. The van der Waals surface area contributed by atoms with Crippen molar-refractivity contribution in [1.29, 1.82) is 0 Å². The lowest BCUT2D eigenvalue weighted by Crippen LogP contribution is -2.44. The number of aliphatic carboxylic acids is 1. The van der Waals surface area contributed by atoms with Crippen molar-refractivity contribution in [3.63, 3.8) is 0 Å². The second-order valence-electron chi connectivity index (χ2n) is 8.63. The number of rotatable bonds is 12. The first kappa shape index (κ1) is 25.5. The molecular formula is C23H27N5O7S. The van der Waals surface area contributed by atoms with E-state index in [1.807, 2.05) is 5.38 Å². The second kappa shape index (κ2) is 11.0. The summed E-state index contributed by atoms with van der Waals surface area (Å²) in [7, 11) is 0. The van der Waals surface area contributed by atoms with Crippen LogP contribution >= 0.6 is 11.3 Å². The third-order valence-corrected chi connectivity index (χ3v) is 7.35. The fraction of sp³-hybridized carbons (Fsp3) is 0.478. The van der Waals surface area contributed by atoms with E-state index in [4.69, 9.17) is 4.74 Å². The highest BCUT2D eigenvalue weighted by molar-refractivity contribution is 7.11. The minimum absolute atomic E-state index is 0.118. The Hall–Kier alpha value is -3.58. The zero-order valence-corrected chi connectivity index (χ0v) is 20.3. The van der Waals surface area contributed by atoms with Crippen LogP contribution in [0.25, 0.3) is 11.0 Å². The first-order chi connectivity index (χ1) is 17.3. The number of thiophene rings is 1. The average molecular weight is 518 g/mol. The van der Waals surface area contributed by atoms with Crippen molar-refractivity contribution in [3.8, 4) is 0 Å². The summed E-state index contributed by atoms with van der Waals surface area (Å²) >= 11 is 1.43. The number of carboxylic acids is 1. The van der Waals surface area contributed by atoms with Gasteiger partial charge in [0, 0.05) is 43.6 Å². The summed E-state index contributed by atoms with van der Waals surface area (Å²) in [6.07, 6.45) is 6.07. The highest BCUT2D eigenvalue weighted by Gasteiger charge is 2.47. The molecule has 0 spiro atoms. The maximum atomic E-state index is 13.1. The Morgan fingerprint density at radius 2 is 2.03 bits per heavy atom. The van der Waals surface area contributed by atoms with Crippen molar-refractivity contribution in [2.45, 2.75) is 50.2 Å². The van der Waals surface area contributed by atoms with Crippen LogP contribution in [0, 0.1) is 0 Å². The number of H-pyrrole nitrogens is 1. The summed E-state index contributed by atoms with van der Waals surface area (Å²) in [6.45, 7) is 0.687. The molecule has 2 atom stereocenters. The highest BCUT2D eigenvalue weighted by atomic mass is 32.1. The van der Waals surface area contributed by atoms with E-state index in [2.05, 4.69) is 20.6 Å². The molecule has 1 fully saturated rings. The van der Waals surface area contributed by atoms with Crippen molar-refractivity contribution in [3.05, 3.63) is 28.7 Å². The van der Waals surface area contributed by atoms with Crippen LogP contribution in [0.2, 0.25) is 0 Å². The van der Waals surface area contributed by atoms with Gasteiger partial charge in [-0.15, -0.1) is 11.3 Å². The minimum atomic E-state index is -1.18. The summed E-state index contributed by atoms with van der Waals surface area (Å²) in [6, 6.07) is -1.11. The monoisotopic (exact) mass is 517 g/mol. The molecule has 13 heteroatoms. The maximum absolute atomic E-state index is 13.1. The van der Waals surface area contributed by atoms with Crippen molar-refractivity contribution in [2.75, 3.05) is 19.7 Å². The van der Waals surface area contributed by atoms with Gasteiger partial charge in [0.2, 0.25) is 5.91 Å². The summed E-state index contributed by atoms with van der Waals surface area (Å²) < 4.78 is 5.94. The number of carbonyl (C=O) groups is 5. The molecule has 0 radical (unpaired) electrons. The van der Waals surface area contributed by atoms with Gasteiger partial charge in [0.1, 0.15) is 11.6 Å². The number of hydrogen-bond acceptors (Lipinski definition) is 8. The van der Waals surface area contributed by atoms with Crippen molar-refractivity contribution >= 4 is 52.0 Å². The van der Waals surface area contributed by atoms with Gasteiger partial charge in [-0.05, 0) is 32.1 Å². The third-order valence-electron chi connectivity index (χ3n) is 6.24. The van der Waals surface area contributed by atoms with E-state index in [-0.39, 0.29) is 25.3 Å². The number of nitrogens with zero attached hydrogens (tertiary/aromatic N) is 2. The molecule has 192 valence electrons. The highest BCUT2D eigenvalue weighted by Crippen LogP contribution is 2.42. The number of aromatic amines is 1. The molecule has 0 aromatic carbocycles. The quantitative estimate of drug-likeness (QED) is 0.237. The number of imidazole rings is 1. The van der Waals surface area contributed by atoms with Crippen LogP contribution in [0.4, 0.5) is 0 Å². The number of ether oxygens (including phenoxy) is 1. The summed E-state index contributed by atoms with van der Waals surface area (Å²) in [4.78, 5) is 69.0. The first-order valence-corrected chi connectivity index (χ1v) is 12.6. The average Bonchev–Trinajstić information content (AvgIpc) is 3.62. The molecule has 4 heterocycles. The standard InChI is InChI=1S/C23H27N5O7S/c29-16(7-10-28-17(30)5-6-18(28)31)27-14(21(32)33)4-1-2-9-24-22(34)23(8-3-11-35-23)20-19-15(12-36-20)25-13-26-19/h5-6,12-14H,1-4,7-11H2,(H,24,34)(H,25,26)(H,27,29)(H,32,33). The van der Waals surface area contributed by atoms with E-state index in [9.17, 15) is 29.1 Å². The molecule has 0 saturated carbocycles. The molecule has 2 aromatic rings. The van der Waals surface area contributed by atoms with Crippen molar-refractivity contribution < 1.29 is 33.8 Å². The molecular weight excluding hydrogens is 490 g/mol. The van der Waals surface area contributed by atoms with Gasteiger partial charge in [-0.3, -0.25) is 24.1 Å². The number of nitrogens with one attached hydrogen (secondary N) is 3. The SMILES string of the molecule is O=C(CCN1C(=O)C=CC1=O)NC(CCCCNC(=O)C1(c2scc3[nH]cnc23)CCCO1)C(=O)O. The molecule has 2 unspecified atom stereocenters. The van der Waals surface area contributed by atoms with Gasteiger partial charge >= 0.3 is 5.97 Å². The van der Waals surface area contributed by atoms with Gasteiger partial charge in [0.05, 0.1) is 16.7 Å². The Morgan fingerprint density at radius 3 is 2.72 bits per heavy atom. The van der Waals surface area contributed by atoms with Crippen LogP contribution in [0.15, 0.2) is 23.9 Å². The van der Waals surface area contributed by atoms with Crippen molar-refractivity contribution in [1.82, 2.24) is 25.5 Å². The van der Waals surface area contributed by atoms with E-state index in [1.165, 1.54) is 11.3 Å². The Morgan fingerprint density at radius 1 is 1.25 bits per heavy atom. The summed E-state index contributed by atoms with van der Waals surface area (Å²) in [5.41, 5.74) is 0.508. The molecule has 36 heavy (non-hydrogen) atoms. The predicted molar refractivity (Wildman–Crippen MR) is 128 cm³/mol.